The fourth-order valence-electron chi connectivity index (χ4n) is 3.30. The molecule has 10 nitrogen and oxygen atoms in total. The Morgan fingerprint density at radius 3 is 2.58 bits per heavy atom. The van der Waals surface area contributed by atoms with Crippen LogP contribution in [0.2, 0.25) is 0 Å². The van der Waals surface area contributed by atoms with Crippen molar-refractivity contribution in [2.75, 3.05) is 12.4 Å². The number of benzene rings is 1. The van der Waals surface area contributed by atoms with Crippen molar-refractivity contribution in [1.29, 1.82) is 0 Å². The van der Waals surface area contributed by atoms with E-state index in [0.29, 0.717) is 0 Å². The van der Waals surface area contributed by atoms with Crippen LogP contribution < -0.4 is 15.6 Å². The first-order valence-corrected chi connectivity index (χ1v) is 10.0. The normalized spacial score (nSPS) is 11.4. The summed E-state index contributed by atoms with van der Waals surface area (Å²) < 4.78 is 60.3. The fraction of sp³-hybridized carbons (Fsp3) is 0.136. The molecule has 4 rings (SSSR count). The molecule has 0 bridgehead atoms. The van der Waals surface area contributed by atoms with E-state index in [0.717, 1.165) is 39.7 Å². The highest BCUT2D eigenvalue weighted by Gasteiger charge is 2.34. The Balaban J connectivity index is 1.88. The number of aromatic nitrogens is 5. The molecular weight excluding hydrogens is 488 g/mol. The van der Waals surface area contributed by atoms with Crippen LogP contribution in [0.15, 0.2) is 53.7 Å². The van der Waals surface area contributed by atoms with E-state index in [-0.39, 0.29) is 34.3 Å². The Bertz CT molecular complexity index is 1530. The molecule has 0 spiro atoms. The van der Waals surface area contributed by atoms with Crippen LogP contribution in [0, 0.1) is 5.82 Å². The monoisotopic (exact) mass is 504 g/mol. The molecule has 14 heteroatoms. The van der Waals surface area contributed by atoms with Gasteiger partial charge in [0.2, 0.25) is 5.95 Å². The molecule has 3 aromatic heterocycles. The zero-order valence-corrected chi connectivity index (χ0v) is 18.5. The first-order chi connectivity index (χ1) is 17.0. The second-order valence-corrected chi connectivity index (χ2v) is 7.44. The molecule has 36 heavy (non-hydrogen) atoms. The van der Waals surface area contributed by atoms with Gasteiger partial charge in [-0.2, -0.15) is 23.3 Å². The van der Waals surface area contributed by atoms with Crippen molar-refractivity contribution < 1.29 is 32.2 Å². The minimum atomic E-state index is -4.73. The number of carboxylic acids is 1. The summed E-state index contributed by atoms with van der Waals surface area (Å²) in [4.78, 5) is 32.0. The van der Waals surface area contributed by atoms with E-state index in [1.165, 1.54) is 32.6 Å². The Morgan fingerprint density at radius 2 is 1.94 bits per heavy atom. The zero-order chi connectivity index (χ0) is 26.2. The standard InChI is InChI=1S/C22H16F4N6O4/c1-31-10-11(5-15(19(31)33)20(34)35)16-9-27-21(28-13-6-12(23)7-14(8-13)36-2)29-18(16)32-4-3-17(30-32)22(24,25)26/h3-10H,1-2H3,(H,34,35)(H,27,28,29). The summed E-state index contributed by atoms with van der Waals surface area (Å²) >= 11 is 0. The molecule has 0 unspecified atom stereocenters. The van der Waals surface area contributed by atoms with Gasteiger partial charge in [-0.25, -0.2) is 18.9 Å². The smallest absolute Gasteiger partial charge is 0.435 e. The van der Waals surface area contributed by atoms with E-state index in [9.17, 15) is 32.3 Å². The molecule has 0 saturated heterocycles. The molecular formula is C22H16F4N6O4. The SMILES string of the molecule is COc1cc(F)cc(Nc2ncc(-c3cc(C(=O)O)c(=O)n(C)c3)c(-n3ccc(C(F)(F)F)n3)n2)c1. The molecule has 0 atom stereocenters. The molecule has 186 valence electrons. The van der Waals surface area contributed by atoms with Gasteiger partial charge in [0.1, 0.15) is 17.1 Å². The maximum absolute atomic E-state index is 13.9. The molecule has 0 aliphatic rings. The van der Waals surface area contributed by atoms with E-state index in [1.54, 1.807) is 0 Å². The highest BCUT2D eigenvalue weighted by atomic mass is 19.4. The van der Waals surface area contributed by atoms with E-state index in [1.807, 2.05) is 0 Å². The van der Waals surface area contributed by atoms with Gasteiger partial charge >= 0.3 is 12.1 Å². The van der Waals surface area contributed by atoms with Crippen LogP contribution >= 0.6 is 0 Å². The van der Waals surface area contributed by atoms with Crippen molar-refractivity contribution >= 4 is 17.6 Å². The molecule has 2 N–H and O–H groups in total. The quantitative estimate of drug-likeness (QED) is 0.382. The number of pyridine rings is 1. The lowest BCUT2D eigenvalue weighted by molar-refractivity contribution is -0.141. The lowest BCUT2D eigenvalue weighted by Gasteiger charge is -2.13. The van der Waals surface area contributed by atoms with Gasteiger partial charge in [-0.3, -0.25) is 4.79 Å². The van der Waals surface area contributed by atoms with E-state index in [2.05, 4.69) is 20.4 Å². The van der Waals surface area contributed by atoms with Gasteiger partial charge in [0.05, 0.1) is 7.11 Å². The number of aromatic carboxylic acids is 1. The molecule has 0 saturated carbocycles. The van der Waals surface area contributed by atoms with Crippen molar-refractivity contribution in [3.63, 3.8) is 0 Å². The van der Waals surface area contributed by atoms with Gasteiger partial charge in [-0.15, -0.1) is 0 Å². The van der Waals surface area contributed by atoms with Crippen molar-refractivity contribution in [3.8, 4) is 22.7 Å². The second kappa shape index (κ2) is 9.13. The van der Waals surface area contributed by atoms with Crippen LogP contribution in [-0.4, -0.2) is 42.5 Å². The summed E-state index contributed by atoms with van der Waals surface area (Å²) in [5.74, 6) is -2.21. The predicted octanol–water partition coefficient (Wildman–Crippen LogP) is 3.64. The van der Waals surface area contributed by atoms with Crippen LogP contribution in [0.5, 0.6) is 5.75 Å². The lowest BCUT2D eigenvalue weighted by Crippen LogP contribution is -2.24. The summed E-state index contributed by atoms with van der Waals surface area (Å²) in [5.41, 5.74) is -2.14. The number of alkyl halides is 3. The number of ether oxygens (including phenoxy) is 1. The summed E-state index contributed by atoms with van der Waals surface area (Å²) in [7, 11) is 2.66. The summed E-state index contributed by atoms with van der Waals surface area (Å²) in [6.45, 7) is 0. The predicted molar refractivity (Wildman–Crippen MR) is 118 cm³/mol. The van der Waals surface area contributed by atoms with Gasteiger partial charge in [0.25, 0.3) is 5.56 Å². The Labute approximate surface area is 199 Å². The highest BCUT2D eigenvalue weighted by Crippen LogP contribution is 2.31. The van der Waals surface area contributed by atoms with Gasteiger partial charge < -0.3 is 19.7 Å². The van der Waals surface area contributed by atoms with Crippen molar-refractivity contribution in [2.45, 2.75) is 6.18 Å². The maximum Gasteiger partial charge on any atom is 0.435 e. The number of carbonyl (C=O) groups is 1. The number of halogens is 4. The number of hydrogen-bond donors (Lipinski definition) is 2. The van der Waals surface area contributed by atoms with Crippen LogP contribution in [0.25, 0.3) is 16.9 Å². The number of nitrogens with zero attached hydrogens (tertiary/aromatic N) is 5. The largest absolute Gasteiger partial charge is 0.497 e. The molecule has 0 amide bonds. The van der Waals surface area contributed by atoms with E-state index >= 15 is 0 Å². The van der Waals surface area contributed by atoms with E-state index < -0.39 is 34.8 Å². The van der Waals surface area contributed by atoms with Crippen molar-refractivity contribution in [1.82, 2.24) is 24.3 Å². The molecule has 4 aromatic rings. The third-order valence-electron chi connectivity index (χ3n) is 4.95. The number of rotatable bonds is 6. The Morgan fingerprint density at radius 1 is 1.19 bits per heavy atom. The number of methoxy groups -OCH3 is 1. The van der Waals surface area contributed by atoms with Gasteiger partial charge in [-0.1, -0.05) is 0 Å². The molecule has 0 fully saturated rings. The number of anilines is 2. The van der Waals surface area contributed by atoms with Crippen molar-refractivity contribution in [3.05, 3.63) is 76.4 Å². The van der Waals surface area contributed by atoms with Gasteiger partial charge in [0, 0.05) is 54.6 Å². The summed E-state index contributed by atoms with van der Waals surface area (Å²) in [5, 5.41) is 15.7. The summed E-state index contributed by atoms with van der Waals surface area (Å²) in [6.07, 6.45) is -1.22. The molecule has 0 aliphatic carbocycles. The topological polar surface area (TPSA) is 124 Å². The third kappa shape index (κ3) is 4.87. The average molecular weight is 504 g/mol. The van der Waals surface area contributed by atoms with Crippen molar-refractivity contribution in [2.24, 2.45) is 7.05 Å². The van der Waals surface area contributed by atoms with Crippen LogP contribution in [0.1, 0.15) is 16.1 Å². The average Bonchev–Trinajstić information content (AvgIpc) is 3.31. The van der Waals surface area contributed by atoms with Crippen LogP contribution in [0.3, 0.4) is 0 Å². The molecule has 0 radical (unpaired) electrons. The number of carboxylic acid groups (broad SMARTS) is 1. The third-order valence-corrected chi connectivity index (χ3v) is 4.95. The number of nitrogens with one attached hydrogen (secondary N) is 1. The molecule has 3 heterocycles. The maximum atomic E-state index is 13.9. The Hall–Kier alpha value is -4.75. The molecule has 0 aliphatic heterocycles. The number of aryl methyl sites for hydroxylation is 1. The lowest BCUT2D eigenvalue weighted by atomic mass is 10.1. The number of hydrogen-bond acceptors (Lipinski definition) is 7. The fourth-order valence-corrected chi connectivity index (χ4v) is 3.30. The minimum absolute atomic E-state index is 0.0762. The van der Waals surface area contributed by atoms with Crippen LogP contribution in [-0.2, 0) is 13.2 Å². The van der Waals surface area contributed by atoms with E-state index in [4.69, 9.17) is 4.74 Å². The molecule has 1 aromatic carbocycles. The van der Waals surface area contributed by atoms with Gasteiger partial charge in [-0.05, 0) is 18.2 Å². The Kier molecular flexibility index (Phi) is 6.18. The zero-order valence-electron chi connectivity index (χ0n) is 18.5. The first kappa shape index (κ1) is 24.4. The highest BCUT2D eigenvalue weighted by molar-refractivity contribution is 5.89. The van der Waals surface area contributed by atoms with Gasteiger partial charge in [0.15, 0.2) is 11.5 Å². The second-order valence-electron chi connectivity index (χ2n) is 7.44. The first-order valence-electron chi connectivity index (χ1n) is 10.0. The van der Waals surface area contributed by atoms with Crippen LogP contribution in [0.4, 0.5) is 29.2 Å². The summed E-state index contributed by atoms with van der Waals surface area (Å²) in [6, 6.07) is 5.51. The minimum Gasteiger partial charge on any atom is -0.497 e.